The van der Waals surface area contributed by atoms with Crippen molar-refractivity contribution in [2.75, 3.05) is 0 Å². The minimum Gasteiger partial charge on any atom is -0.243 e. The van der Waals surface area contributed by atoms with Crippen molar-refractivity contribution in [1.82, 2.24) is 9.97 Å². The van der Waals surface area contributed by atoms with Crippen molar-refractivity contribution in [2.24, 2.45) is 0 Å². The molecular weight excluding hydrogens is 537 g/mol. The van der Waals surface area contributed by atoms with Crippen LogP contribution >= 0.6 is 56.7 Å². The molecule has 0 aromatic carbocycles. The molecule has 0 atom stereocenters. The summed E-state index contributed by atoms with van der Waals surface area (Å²) in [4.78, 5) is 19.8. The number of aromatic nitrogens is 2. The summed E-state index contributed by atoms with van der Waals surface area (Å²) in [6.07, 6.45) is 16.2. The second-order valence-electron chi connectivity index (χ2n) is 9.12. The van der Waals surface area contributed by atoms with E-state index in [2.05, 4.69) is 61.4 Å². The average molecular weight is 569 g/mol. The van der Waals surface area contributed by atoms with Crippen molar-refractivity contribution >= 4 is 56.7 Å². The van der Waals surface area contributed by atoms with Crippen LogP contribution in [0.3, 0.4) is 0 Å². The zero-order valence-electron chi connectivity index (χ0n) is 20.9. The van der Waals surface area contributed by atoms with Gasteiger partial charge >= 0.3 is 0 Å². The van der Waals surface area contributed by atoms with Crippen LogP contribution in [0.5, 0.6) is 0 Å². The lowest BCUT2D eigenvalue weighted by Crippen LogP contribution is -1.83. The number of thiophene rings is 3. The Labute approximate surface area is 234 Å². The maximum atomic E-state index is 4.76. The average Bonchev–Trinajstić information content (AvgIpc) is 3.70. The first kappa shape index (κ1) is 26.0. The number of hydrogen-bond donors (Lipinski definition) is 0. The standard InChI is InChI=1S/C29H32N2S5/c1-3-4-5-6-7-8-9-10-11-21-19-31-29(33-21)27-17-15-25(36-27)23-13-12-22(34-23)24-14-16-26(35-24)28-30-18-20(2)32-28/h12-19H,3-11H2,1-2H3. The quantitative estimate of drug-likeness (QED) is 0.132. The van der Waals surface area contributed by atoms with Crippen molar-refractivity contribution in [3.8, 4) is 39.3 Å². The van der Waals surface area contributed by atoms with E-state index >= 15 is 0 Å². The van der Waals surface area contributed by atoms with E-state index in [1.807, 2.05) is 51.5 Å². The van der Waals surface area contributed by atoms with E-state index in [9.17, 15) is 0 Å². The summed E-state index contributed by atoms with van der Waals surface area (Å²) >= 11 is 9.20. The summed E-state index contributed by atoms with van der Waals surface area (Å²) in [5.41, 5.74) is 0. The highest BCUT2D eigenvalue weighted by Gasteiger charge is 2.13. The minimum atomic E-state index is 1.12. The van der Waals surface area contributed by atoms with Gasteiger partial charge in [0.2, 0.25) is 0 Å². The molecule has 0 saturated heterocycles. The van der Waals surface area contributed by atoms with Crippen LogP contribution in [0.4, 0.5) is 0 Å². The number of nitrogens with zero attached hydrogens (tertiary/aromatic N) is 2. The second kappa shape index (κ2) is 12.7. The molecule has 0 aliphatic heterocycles. The Bertz CT molecular complexity index is 1370. The Morgan fingerprint density at radius 3 is 1.56 bits per heavy atom. The highest BCUT2D eigenvalue weighted by Crippen LogP contribution is 2.44. The molecule has 0 aliphatic rings. The fraction of sp³-hybridized carbons (Fsp3) is 0.379. The molecule has 0 bridgehead atoms. The first-order chi connectivity index (χ1) is 17.7. The van der Waals surface area contributed by atoms with Gasteiger partial charge in [0, 0.05) is 41.7 Å². The van der Waals surface area contributed by atoms with Crippen LogP contribution in [0.2, 0.25) is 0 Å². The molecule has 0 amide bonds. The van der Waals surface area contributed by atoms with Gasteiger partial charge in [0.25, 0.3) is 0 Å². The normalized spacial score (nSPS) is 11.5. The third-order valence-corrected chi connectivity index (χ3v) is 12.1. The molecule has 0 fully saturated rings. The first-order valence-electron chi connectivity index (χ1n) is 12.9. The van der Waals surface area contributed by atoms with Crippen molar-refractivity contribution in [2.45, 2.75) is 71.6 Å². The van der Waals surface area contributed by atoms with Crippen LogP contribution in [0.25, 0.3) is 39.3 Å². The van der Waals surface area contributed by atoms with Crippen molar-refractivity contribution in [1.29, 1.82) is 0 Å². The first-order valence-corrected chi connectivity index (χ1v) is 17.0. The van der Waals surface area contributed by atoms with E-state index in [-0.39, 0.29) is 0 Å². The predicted octanol–water partition coefficient (Wildman–Crippen LogP) is 11.4. The van der Waals surface area contributed by atoms with Crippen LogP contribution in [0.1, 0.15) is 68.0 Å². The van der Waals surface area contributed by atoms with E-state index in [1.165, 1.54) is 102 Å². The molecule has 0 unspecified atom stereocenters. The van der Waals surface area contributed by atoms with E-state index in [0.29, 0.717) is 0 Å². The predicted molar refractivity (Wildman–Crippen MR) is 164 cm³/mol. The van der Waals surface area contributed by atoms with Gasteiger partial charge in [-0.2, -0.15) is 0 Å². The van der Waals surface area contributed by atoms with Gasteiger partial charge in [0.1, 0.15) is 10.0 Å². The van der Waals surface area contributed by atoms with Crippen LogP contribution in [0, 0.1) is 6.92 Å². The third kappa shape index (κ3) is 6.62. The van der Waals surface area contributed by atoms with E-state index in [1.54, 1.807) is 11.3 Å². The third-order valence-electron chi connectivity index (χ3n) is 6.18. The van der Waals surface area contributed by atoms with Crippen LogP contribution in [0.15, 0.2) is 48.8 Å². The number of rotatable bonds is 13. The number of thiazole rings is 2. The molecule has 0 radical (unpaired) electrons. The number of unbranched alkanes of at least 4 members (excludes halogenated alkanes) is 7. The van der Waals surface area contributed by atoms with E-state index in [4.69, 9.17) is 4.98 Å². The summed E-state index contributed by atoms with van der Waals surface area (Å²) < 4.78 is 0. The van der Waals surface area contributed by atoms with Crippen molar-refractivity contribution in [3.63, 3.8) is 0 Å². The molecular formula is C29H32N2S5. The molecule has 5 rings (SSSR count). The summed E-state index contributed by atoms with van der Waals surface area (Å²) in [5, 5.41) is 2.29. The molecule has 0 saturated carbocycles. The van der Waals surface area contributed by atoms with E-state index in [0.717, 1.165) is 5.01 Å². The monoisotopic (exact) mass is 568 g/mol. The van der Waals surface area contributed by atoms with Gasteiger partial charge in [0.05, 0.1) is 9.75 Å². The maximum Gasteiger partial charge on any atom is 0.133 e. The van der Waals surface area contributed by atoms with Crippen LogP contribution < -0.4 is 0 Å². The SMILES string of the molecule is CCCCCCCCCCc1cnc(-c2ccc(-c3ccc(-c4ccc(-c5ncc(C)s5)s4)s3)s2)s1. The Kier molecular flexibility index (Phi) is 9.20. The lowest BCUT2D eigenvalue weighted by atomic mass is 10.1. The molecule has 0 spiro atoms. The van der Waals surface area contributed by atoms with E-state index < -0.39 is 0 Å². The largest absolute Gasteiger partial charge is 0.243 e. The second-order valence-corrected chi connectivity index (χ2v) is 14.7. The van der Waals surface area contributed by atoms with Crippen molar-refractivity contribution < 1.29 is 0 Å². The topological polar surface area (TPSA) is 25.8 Å². The van der Waals surface area contributed by atoms with Crippen LogP contribution in [-0.4, -0.2) is 9.97 Å². The summed E-state index contributed by atoms with van der Waals surface area (Å²) in [7, 11) is 0. The van der Waals surface area contributed by atoms with Gasteiger partial charge in [-0.05, 0) is 56.2 Å². The zero-order valence-corrected chi connectivity index (χ0v) is 25.0. The number of aryl methyl sites for hydroxylation is 2. The molecule has 5 aromatic heterocycles. The minimum absolute atomic E-state index is 1.12. The van der Waals surface area contributed by atoms with Gasteiger partial charge in [0.15, 0.2) is 0 Å². The smallest absolute Gasteiger partial charge is 0.133 e. The Morgan fingerprint density at radius 1 is 0.528 bits per heavy atom. The van der Waals surface area contributed by atoms with Gasteiger partial charge in [-0.15, -0.1) is 56.7 Å². The highest BCUT2D eigenvalue weighted by molar-refractivity contribution is 7.29. The molecule has 0 aliphatic carbocycles. The van der Waals surface area contributed by atoms with Crippen LogP contribution in [-0.2, 0) is 6.42 Å². The lowest BCUT2D eigenvalue weighted by Gasteiger charge is -2.00. The molecule has 188 valence electrons. The molecule has 5 heterocycles. The molecule has 0 N–H and O–H groups in total. The summed E-state index contributed by atoms with van der Waals surface area (Å²) in [6, 6.07) is 13.5. The fourth-order valence-corrected chi connectivity index (χ4v) is 9.25. The Balaban J connectivity index is 1.16. The van der Waals surface area contributed by atoms with Crippen molar-refractivity contribution in [3.05, 3.63) is 58.5 Å². The van der Waals surface area contributed by atoms with Gasteiger partial charge < -0.3 is 0 Å². The number of hydrogen-bond acceptors (Lipinski definition) is 7. The summed E-state index contributed by atoms with van der Waals surface area (Å²) in [5.74, 6) is 0. The molecule has 36 heavy (non-hydrogen) atoms. The van der Waals surface area contributed by atoms with Gasteiger partial charge in [-0.3, -0.25) is 0 Å². The van der Waals surface area contributed by atoms with Gasteiger partial charge in [-0.1, -0.05) is 51.9 Å². The molecule has 5 aromatic rings. The molecule has 7 heteroatoms. The maximum absolute atomic E-state index is 4.76. The summed E-state index contributed by atoms with van der Waals surface area (Å²) in [6.45, 7) is 4.39. The fourth-order valence-electron chi connectivity index (χ4n) is 4.21. The zero-order chi connectivity index (χ0) is 24.7. The highest BCUT2D eigenvalue weighted by atomic mass is 32.1. The lowest BCUT2D eigenvalue weighted by molar-refractivity contribution is 0.576. The Hall–Kier alpha value is -1.64. The molecule has 2 nitrogen and oxygen atoms in total. The Morgan fingerprint density at radius 2 is 1.00 bits per heavy atom. The van der Waals surface area contributed by atoms with Gasteiger partial charge in [-0.25, -0.2) is 9.97 Å².